The van der Waals surface area contributed by atoms with Crippen molar-refractivity contribution in [1.29, 1.82) is 0 Å². The fourth-order valence-electron chi connectivity index (χ4n) is 2.09. The Labute approximate surface area is 99.0 Å². The molecular weight excluding hydrogens is 202 g/mol. The topological polar surface area (TPSA) is 35.6 Å². The van der Waals surface area contributed by atoms with Gasteiger partial charge in [0, 0.05) is 33.1 Å². The molecule has 1 heterocycles. The van der Waals surface area contributed by atoms with Gasteiger partial charge in [-0.15, -0.1) is 0 Å². The zero-order valence-electron chi connectivity index (χ0n) is 10.8. The molecule has 0 aliphatic carbocycles. The van der Waals surface area contributed by atoms with Crippen molar-refractivity contribution in [2.45, 2.75) is 31.7 Å². The Hall–Kier alpha value is -0.610. The molecule has 0 aromatic rings. The van der Waals surface area contributed by atoms with Crippen molar-refractivity contribution in [3.05, 3.63) is 0 Å². The van der Waals surface area contributed by atoms with Gasteiger partial charge in [-0.25, -0.2) is 0 Å². The summed E-state index contributed by atoms with van der Waals surface area (Å²) >= 11 is 0. The van der Waals surface area contributed by atoms with Crippen LogP contribution < -0.4 is 5.32 Å². The van der Waals surface area contributed by atoms with Gasteiger partial charge in [0.1, 0.15) is 0 Å². The highest BCUT2D eigenvalue weighted by molar-refractivity contribution is 5.75. The molecule has 16 heavy (non-hydrogen) atoms. The summed E-state index contributed by atoms with van der Waals surface area (Å²) in [6.45, 7) is 3.24. The molecule has 0 aromatic carbocycles. The summed E-state index contributed by atoms with van der Waals surface area (Å²) in [6.07, 6.45) is 4.22. The van der Waals surface area contributed by atoms with Crippen LogP contribution in [0.4, 0.5) is 0 Å². The molecule has 0 spiro atoms. The van der Waals surface area contributed by atoms with Gasteiger partial charge in [0.15, 0.2) is 0 Å². The molecule has 1 unspecified atom stereocenters. The largest absolute Gasteiger partial charge is 0.349 e. The normalized spacial score (nSPS) is 21.3. The zero-order valence-corrected chi connectivity index (χ0v) is 10.8. The monoisotopic (exact) mass is 227 g/mol. The number of amides is 1. The predicted molar refractivity (Wildman–Crippen MR) is 66.4 cm³/mol. The van der Waals surface area contributed by atoms with Crippen molar-refractivity contribution in [2.75, 3.05) is 40.8 Å². The molecule has 0 bridgehead atoms. The minimum absolute atomic E-state index is 0.222. The van der Waals surface area contributed by atoms with Gasteiger partial charge in [0.25, 0.3) is 0 Å². The van der Waals surface area contributed by atoms with Gasteiger partial charge >= 0.3 is 0 Å². The number of nitrogens with one attached hydrogen (secondary N) is 1. The van der Waals surface area contributed by atoms with Crippen molar-refractivity contribution in [3.63, 3.8) is 0 Å². The van der Waals surface area contributed by atoms with Crippen LogP contribution in [0.1, 0.15) is 25.7 Å². The molecule has 0 radical (unpaired) electrons. The average molecular weight is 227 g/mol. The van der Waals surface area contributed by atoms with Gasteiger partial charge in [-0.3, -0.25) is 4.79 Å². The highest BCUT2D eigenvalue weighted by Gasteiger charge is 2.19. The van der Waals surface area contributed by atoms with E-state index in [-0.39, 0.29) is 5.91 Å². The van der Waals surface area contributed by atoms with E-state index >= 15 is 0 Å². The molecular formula is C12H25N3O. The fourth-order valence-corrected chi connectivity index (χ4v) is 2.09. The van der Waals surface area contributed by atoms with E-state index in [1.807, 2.05) is 14.1 Å². The second-order valence-corrected chi connectivity index (χ2v) is 4.87. The van der Waals surface area contributed by atoms with E-state index in [0.717, 1.165) is 19.5 Å². The molecule has 1 N–H and O–H groups in total. The lowest BCUT2D eigenvalue weighted by molar-refractivity contribution is -0.128. The van der Waals surface area contributed by atoms with Crippen LogP contribution in [0.5, 0.6) is 0 Å². The third-order valence-corrected chi connectivity index (χ3v) is 3.29. The Morgan fingerprint density at radius 3 is 2.81 bits per heavy atom. The van der Waals surface area contributed by atoms with Crippen LogP contribution in [0, 0.1) is 0 Å². The van der Waals surface area contributed by atoms with Crippen LogP contribution in [0.15, 0.2) is 0 Å². The first-order valence-corrected chi connectivity index (χ1v) is 6.22. The summed E-state index contributed by atoms with van der Waals surface area (Å²) < 4.78 is 0. The van der Waals surface area contributed by atoms with E-state index in [4.69, 9.17) is 0 Å². The zero-order chi connectivity index (χ0) is 12.0. The first-order chi connectivity index (χ1) is 7.61. The molecule has 0 aromatic heterocycles. The first-order valence-electron chi connectivity index (χ1n) is 6.22. The second-order valence-electron chi connectivity index (χ2n) is 4.87. The predicted octanol–water partition coefficient (Wildman–Crippen LogP) is 0.539. The fraction of sp³-hybridized carbons (Fsp3) is 0.917. The van der Waals surface area contributed by atoms with Crippen LogP contribution in [-0.4, -0.2) is 62.5 Å². The molecule has 4 nitrogen and oxygen atoms in total. The SMILES string of the molecule is CN(C)C(=O)CCCNCC1CCCN1C. The van der Waals surface area contributed by atoms with E-state index in [2.05, 4.69) is 17.3 Å². The Kier molecular flexibility index (Phi) is 5.77. The van der Waals surface area contributed by atoms with Gasteiger partial charge in [0.2, 0.25) is 5.91 Å². The molecule has 1 atom stereocenters. The summed E-state index contributed by atoms with van der Waals surface area (Å²) in [7, 11) is 5.81. The van der Waals surface area contributed by atoms with Crippen molar-refractivity contribution in [1.82, 2.24) is 15.1 Å². The second kappa shape index (κ2) is 6.86. The van der Waals surface area contributed by atoms with Gasteiger partial charge < -0.3 is 15.1 Å². The lowest BCUT2D eigenvalue weighted by atomic mass is 10.2. The van der Waals surface area contributed by atoms with Crippen molar-refractivity contribution >= 4 is 5.91 Å². The van der Waals surface area contributed by atoms with Crippen LogP contribution in [0.25, 0.3) is 0 Å². The van der Waals surface area contributed by atoms with Crippen LogP contribution >= 0.6 is 0 Å². The Morgan fingerprint density at radius 2 is 2.25 bits per heavy atom. The van der Waals surface area contributed by atoms with Crippen LogP contribution in [0.2, 0.25) is 0 Å². The third-order valence-electron chi connectivity index (χ3n) is 3.29. The maximum Gasteiger partial charge on any atom is 0.222 e. The number of carbonyl (C=O) groups excluding carboxylic acids is 1. The van der Waals surface area contributed by atoms with Crippen LogP contribution in [-0.2, 0) is 4.79 Å². The van der Waals surface area contributed by atoms with E-state index in [9.17, 15) is 4.79 Å². The standard InChI is InChI=1S/C12H25N3O/c1-14(2)12(16)7-4-8-13-10-11-6-5-9-15(11)3/h11,13H,4-10H2,1-3H3. The Morgan fingerprint density at radius 1 is 1.50 bits per heavy atom. The molecule has 1 fully saturated rings. The molecule has 1 amide bonds. The van der Waals surface area contributed by atoms with Crippen molar-refractivity contribution in [2.24, 2.45) is 0 Å². The number of rotatable bonds is 6. The number of hydrogen-bond acceptors (Lipinski definition) is 3. The maximum absolute atomic E-state index is 11.3. The molecule has 1 saturated heterocycles. The van der Waals surface area contributed by atoms with E-state index in [1.54, 1.807) is 4.90 Å². The highest BCUT2D eigenvalue weighted by atomic mass is 16.2. The Bertz CT molecular complexity index is 218. The first kappa shape index (κ1) is 13.5. The summed E-state index contributed by atoms with van der Waals surface area (Å²) in [6, 6.07) is 0.699. The molecule has 1 rings (SSSR count). The molecule has 1 aliphatic heterocycles. The summed E-state index contributed by atoms with van der Waals surface area (Å²) in [5, 5.41) is 3.44. The van der Waals surface area contributed by atoms with Gasteiger partial charge in [-0.05, 0) is 39.4 Å². The van der Waals surface area contributed by atoms with Crippen molar-refractivity contribution < 1.29 is 4.79 Å². The smallest absolute Gasteiger partial charge is 0.222 e. The van der Waals surface area contributed by atoms with E-state index in [0.29, 0.717) is 12.5 Å². The summed E-state index contributed by atoms with van der Waals surface area (Å²) in [5.74, 6) is 0.222. The number of nitrogens with zero attached hydrogens (tertiary/aromatic N) is 2. The van der Waals surface area contributed by atoms with Gasteiger partial charge in [0.05, 0.1) is 0 Å². The molecule has 0 saturated carbocycles. The molecule has 1 aliphatic rings. The van der Waals surface area contributed by atoms with Crippen LogP contribution in [0.3, 0.4) is 0 Å². The number of likely N-dealkylation sites (N-methyl/N-ethyl adjacent to an activating group) is 1. The molecule has 94 valence electrons. The third kappa shape index (κ3) is 4.49. The number of likely N-dealkylation sites (tertiary alicyclic amines) is 1. The maximum atomic E-state index is 11.3. The molecule has 4 heteroatoms. The lowest BCUT2D eigenvalue weighted by Gasteiger charge is -2.19. The van der Waals surface area contributed by atoms with Crippen molar-refractivity contribution in [3.8, 4) is 0 Å². The average Bonchev–Trinajstić information content (AvgIpc) is 2.63. The van der Waals surface area contributed by atoms with E-state index in [1.165, 1.54) is 19.4 Å². The summed E-state index contributed by atoms with van der Waals surface area (Å²) in [5.41, 5.74) is 0. The van der Waals surface area contributed by atoms with E-state index < -0.39 is 0 Å². The minimum Gasteiger partial charge on any atom is -0.349 e. The summed E-state index contributed by atoms with van der Waals surface area (Å²) in [4.78, 5) is 15.4. The van der Waals surface area contributed by atoms with Gasteiger partial charge in [-0.1, -0.05) is 0 Å². The number of carbonyl (C=O) groups is 1. The lowest BCUT2D eigenvalue weighted by Crippen LogP contribution is -2.36. The Balaban J connectivity index is 1.97. The number of hydrogen-bond donors (Lipinski definition) is 1. The quantitative estimate of drug-likeness (QED) is 0.673. The highest BCUT2D eigenvalue weighted by Crippen LogP contribution is 2.13. The minimum atomic E-state index is 0.222. The van der Waals surface area contributed by atoms with Gasteiger partial charge in [-0.2, -0.15) is 0 Å².